The Labute approximate surface area is 81.7 Å². The quantitative estimate of drug-likeness (QED) is 0.571. The lowest BCUT2D eigenvalue weighted by Crippen LogP contribution is -2.27. The molecule has 2 nitrogen and oxygen atoms in total. The first kappa shape index (κ1) is 12.6. The van der Waals surface area contributed by atoms with Gasteiger partial charge in [0.2, 0.25) is 0 Å². The third-order valence-corrected chi connectivity index (χ3v) is 2.07. The summed E-state index contributed by atoms with van der Waals surface area (Å²) in [6.45, 7) is 8.68. The summed E-state index contributed by atoms with van der Waals surface area (Å²) in [5.74, 6) is 0.324. The Balaban J connectivity index is 3.81. The van der Waals surface area contributed by atoms with Gasteiger partial charge in [-0.2, -0.15) is 0 Å². The molecule has 0 amide bonds. The predicted octanol–water partition coefficient (Wildman–Crippen LogP) is 2.81. The third kappa shape index (κ3) is 5.04. The molecule has 0 saturated carbocycles. The van der Waals surface area contributed by atoms with Gasteiger partial charge in [-0.1, -0.05) is 34.1 Å². The summed E-state index contributed by atoms with van der Waals surface area (Å²) < 4.78 is 5.51. The van der Waals surface area contributed by atoms with Gasteiger partial charge in [0, 0.05) is 12.5 Å². The predicted molar refractivity (Wildman–Crippen MR) is 54.8 cm³/mol. The lowest BCUT2D eigenvalue weighted by atomic mass is 10.0. The summed E-state index contributed by atoms with van der Waals surface area (Å²) in [4.78, 5) is 11.5. The van der Waals surface area contributed by atoms with E-state index in [0.29, 0.717) is 6.61 Å². The molecule has 0 aliphatic carbocycles. The van der Waals surface area contributed by atoms with Crippen molar-refractivity contribution in [3.63, 3.8) is 0 Å². The van der Waals surface area contributed by atoms with E-state index in [-0.39, 0.29) is 17.8 Å². The Morgan fingerprint density at radius 2 is 1.92 bits per heavy atom. The molecular formula is C11H22O2. The van der Waals surface area contributed by atoms with Crippen LogP contribution in [0.3, 0.4) is 0 Å². The van der Waals surface area contributed by atoms with Crippen molar-refractivity contribution >= 4 is 5.78 Å². The van der Waals surface area contributed by atoms with Gasteiger partial charge in [-0.05, 0) is 12.8 Å². The standard InChI is InChI=1S/C11H22O2/c1-5-7-8-13-10(6-2)11(12)9(3)4/h9-10H,5-8H2,1-4H3/t10-/m0/s1. The lowest BCUT2D eigenvalue weighted by Gasteiger charge is -2.16. The minimum Gasteiger partial charge on any atom is -0.370 e. The van der Waals surface area contributed by atoms with Gasteiger partial charge >= 0.3 is 0 Å². The monoisotopic (exact) mass is 186 g/mol. The summed E-state index contributed by atoms with van der Waals surface area (Å²) in [6, 6.07) is 0. The van der Waals surface area contributed by atoms with E-state index in [1.807, 2.05) is 20.8 Å². The van der Waals surface area contributed by atoms with Gasteiger partial charge < -0.3 is 4.74 Å². The molecule has 0 radical (unpaired) electrons. The molecule has 0 aromatic carbocycles. The second kappa shape index (κ2) is 7.07. The zero-order valence-electron chi connectivity index (χ0n) is 9.30. The zero-order valence-corrected chi connectivity index (χ0v) is 9.30. The molecule has 0 aromatic rings. The number of hydrogen-bond acceptors (Lipinski definition) is 2. The number of hydrogen-bond donors (Lipinski definition) is 0. The van der Waals surface area contributed by atoms with Crippen LogP contribution >= 0.6 is 0 Å². The van der Waals surface area contributed by atoms with Crippen LogP contribution in [0.2, 0.25) is 0 Å². The van der Waals surface area contributed by atoms with E-state index in [1.54, 1.807) is 0 Å². The Kier molecular flexibility index (Phi) is 6.87. The zero-order chi connectivity index (χ0) is 10.3. The average Bonchev–Trinajstić information content (AvgIpc) is 2.11. The highest BCUT2D eigenvalue weighted by atomic mass is 16.5. The number of carbonyl (C=O) groups is 1. The van der Waals surface area contributed by atoms with E-state index >= 15 is 0 Å². The van der Waals surface area contributed by atoms with Crippen LogP contribution in [-0.2, 0) is 9.53 Å². The van der Waals surface area contributed by atoms with Gasteiger partial charge in [0.25, 0.3) is 0 Å². The van der Waals surface area contributed by atoms with Crippen LogP contribution in [0.15, 0.2) is 0 Å². The van der Waals surface area contributed by atoms with Crippen LogP contribution in [0.4, 0.5) is 0 Å². The first-order valence-corrected chi connectivity index (χ1v) is 5.28. The first-order chi connectivity index (χ1) is 6.13. The van der Waals surface area contributed by atoms with Gasteiger partial charge in [-0.25, -0.2) is 0 Å². The van der Waals surface area contributed by atoms with Gasteiger partial charge in [0.05, 0.1) is 0 Å². The maximum absolute atomic E-state index is 11.5. The number of Topliss-reactive ketones (excluding diaryl/α,β-unsaturated/α-hetero) is 1. The molecule has 0 bridgehead atoms. The maximum atomic E-state index is 11.5. The maximum Gasteiger partial charge on any atom is 0.164 e. The van der Waals surface area contributed by atoms with Crippen LogP contribution in [-0.4, -0.2) is 18.5 Å². The molecule has 1 atom stereocenters. The molecule has 0 fully saturated rings. The van der Waals surface area contributed by atoms with Crippen LogP contribution in [0, 0.1) is 5.92 Å². The van der Waals surface area contributed by atoms with Crippen molar-refractivity contribution in [3.05, 3.63) is 0 Å². The molecule has 0 rings (SSSR count). The Morgan fingerprint density at radius 3 is 2.31 bits per heavy atom. The minimum absolute atomic E-state index is 0.0894. The highest BCUT2D eigenvalue weighted by Crippen LogP contribution is 2.08. The van der Waals surface area contributed by atoms with E-state index in [2.05, 4.69) is 6.92 Å². The average molecular weight is 186 g/mol. The smallest absolute Gasteiger partial charge is 0.164 e. The number of ketones is 1. The SMILES string of the molecule is CCCCO[C@@H](CC)C(=O)C(C)C. The minimum atomic E-state index is -0.174. The Bertz CT molecular complexity index is 141. The Morgan fingerprint density at radius 1 is 1.31 bits per heavy atom. The second-order valence-corrected chi connectivity index (χ2v) is 3.68. The molecule has 0 spiro atoms. The molecule has 0 aliphatic rings. The number of carbonyl (C=O) groups excluding carboxylic acids is 1. The summed E-state index contributed by atoms with van der Waals surface area (Å²) in [7, 11) is 0. The van der Waals surface area contributed by atoms with Crippen molar-refractivity contribution in [2.24, 2.45) is 5.92 Å². The molecule has 0 heterocycles. The number of unbranched alkanes of at least 4 members (excludes halogenated alkanes) is 1. The summed E-state index contributed by atoms with van der Waals surface area (Å²) in [6.07, 6.45) is 2.78. The summed E-state index contributed by atoms with van der Waals surface area (Å²) in [5.41, 5.74) is 0. The van der Waals surface area contributed by atoms with Gasteiger partial charge in [-0.15, -0.1) is 0 Å². The lowest BCUT2D eigenvalue weighted by molar-refractivity contribution is -0.133. The number of rotatable bonds is 7. The van der Waals surface area contributed by atoms with Crippen LogP contribution in [0.25, 0.3) is 0 Å². The molecular weight excluding hydrogens is 164 g/mol. The van der Waals surface area contributed by atoms with E-state index in [9.17, 15) is 4.79 Å². The molecule has 0 aliphatic heterocycles. The fraction of sp³-hybridized carbons (Fsp3) is 0.909. The highest BCUT2D eigenvalue weighted by molar-refractivity contribution is 5.84. The summed E-state index contributed by atoms with van der Waals surface area (Å²) in [5, 5.41) is 0. The molecule has 13 heavy (non-hydrogen) atoms. The molecule has 0 unspecified atom stereocenters. The van der Waals surface area contributed by atoms with E-state index < -0.39 is 0 Å². The van der Waals surface area contributed by atoms with Crippen molar-refractivity contribution in [3.8, 4) is 0 Å². The van der Waals surface area contributed by atoms with Crippen molar-refractivity contribution in [1.82, 2.24) is 0 Å². The molecule has 78 valence electrons. The highest BCUT2D eigenvalue weighted by Gasteiger charge is 2.19. The van der Waals surface area contributed by atoms with Crippen LogP contribution < -0.4 is 0 Å². The van der Waals surface area contributed by atoms with Crippen LogP contribution in [0.5, 0.6) is 0 Å². The van der Waals surface area contributed by atoms with Gasteiger partial charge in [-0.3, -0.25) is 4.79 Å². The van der Waals surface area contributed by atoms with Crippen molar-refractivity contribution < 1.29 is 9.53 Å². The van der Waals surface area contributed by atoms with Crippen molar-refractivity contribution in [1.29, 1.82) is 0 Å². The molecule has 0 saturated heterocycles. The molecule has 2 heteroatoms. The van der Waals surface area contributed by atoms with Crippen LogP contribution in [0.1, 0.15) is 47.0 Å². The normalized spacial score (nSPS) is 13.3. The van der Waals surface area contributed by atoms with E-state index in [4.69, 9.17) is 4.74 Å². The fourth-order valence-electron chi connectivity index (χ4n) is 1.14. The van der Waals surface area contributed by atoms with E-state index in [1.165, 1.54) is 0 Å². The first-order valence-electron chi connectivity index (χ1n) is 5.28. The van der Waals surface area contributed by atoms with E-state index in [0.717, 1.165) is 19.3 Å². The largest absolute Gasteiger partial charge is 0.370 e. The number of ether oxygens (including phenoxy) is 1. The second-order valence-electron chi connectivity index (χ2n) is 3.68. The van der Waals surface area contributed by atoms with Gasteiger partial charge in [0.15, 0.2) is 5.78 Å². The summed E-state index contributed by atoms with van der Waals surface area (Å²) >= 11 is 0. The fourth-order valence-corrected chi connectivity index (χ4v) is 1.14. The third-order valence-electron chi connectivity index (χ3n) is 2.07. The molecule has 0 aromatic heterocycles. The molecule has 0 N–H and O–H groups in total. The van der Waals surface area contributed by atoms with Crippen molar-refractivity contribution in [2.45, 2.75) is 53.1 Å². The van der Waals surface area contributed by atoms with Gasteiger partial charge in [0.1, 0.15) is 6.10 Å². The topological polar surface area (TPSA) is 26.3 Å². The van der Waals surface area contributed by atoms with Crippen molar-refractivity contribution in [2.75, 3.05) is 6.61 Å². The Hall–Kier alpha value is -0.370.